The van der Waals surface area contributed by atoms with Crippen molar-refractivity contribution in [2.24, 2.45) is 0 Å². The van der Waals surface area contributed by atoms with Crippen LogP contribution in [0.1, 0.15) is 5.56 Å². The Balaban J connectivity index is 1.55. The summed E-state index contributed by atoms with van der Waals surface area (Å²) < 4.78 is 37.6. The average molecular weight is 453 g/mol. The Labute approximate surface area is 170 Å². The van der Waals surface area contributed by atoms with Crippen LogP contribution in [0.25, 0.3) is 0 Å². The van der Waals surface area contributed by atoms with E-state index in [0.29, 0.717) is 4.90 Å². The van der Waals surface area contributed by atoms with Gasteiger partial charge in [0.15, 0.2) is 0 Å². The Morgan fingerprint density at radius 1 is 1.32 bits per heavy atom. The van der Waals surface area contributed by atoms with E-state index in [4.69, 9.17) is 11.6 Å². The largest absolute Gasteiger partial charge is 0.477 e. The number of carboxylic acids is 1. The third-order valence-corrected chi connectivity index (χ3v) is 6.76. The molecule has 2 N–H and O–H groups in total. The molecule has 2 aliphatic heterocycles. The average Bonchev–Trinajstić information content (AvgIpc) is 2.63. The Morgan fingerprint density at radius 2 is 1.96 bits per heavy atom. The smallest absolute Gasteiger partial charge is 0.416 e. The van der Waals surface area contributed by atoms with Crippen molar-refractivity contribution >= 4 is 52.9 Å². The molecule has 12 heteroatoms. The number of hydrogen-bond acceptors (Lipinski definition) is 5. The normalized spacial score (nSPS) is 21.9. The number of rotatable bonds is 5. The van der Waals surface area contributed by atoms with Gasteiger partial charge < -0.3 is 10.4 Å². The van der Waals surface area contributed by atoms with E-state index in [0.717, 1.165) is 28.8 Å². The van der Waals surface area contributed by atoms with Crippen LogP contribution in [0, 0.1) is 0 Å². The molecule has 1 aromatic carbocycles. The Hall–Kier alpha value is -1.85. The fourth-order valence-electron chi connectivity index (χ4n) is 2.69. The quantitative estimate of drug-likeness (QED) is 0.527. The van der Waals surface area contributed by atoms with E-state index in [2.05, 4.69) is 5.32 Å². The predicted octanol–water partition coefficient (Wildman–Crippen LogP) is 2.73. The second-order valence-electron chi connectivity index (χ2n) is 5.82. The minimum Gasteiger partial charge on any atom is -0.477 e. The van der Waals surface area contributed by atoms with Crippen molar-refractivity contribution in [3.05, 3.63) is 40.6 Å². The van der Waals surface area contributed by atoms with Gasteiger partial charge in [-0.3, -0.25) is 14.5 Å². The number of amides is 2. The second-order valence-corrected chi connectivity index (χ2v) is 8.43. The van der Waals surface area contributed by atoms with E-state index in [1.54, 1.807) is 0 Å². The zero-order chi connectivity index (χ0) is 20.6. The van der Waals surface area contributed by atoms with Crippen molar-refractivity contribution < 1.29 is 32.7 Å². The molecule has 2 aliphatic rings. The van der Waals surface area contributed by atoms with Gasteiger partial charge in [-0.2, -0.15) is 13.2 Å². The Bertz CT molecular complexity index is 860. The number of alkyl halides is 3. The monoisotopic (exact) mass is 452 g/mol. The van der Waals surface area contributed by atoms with E-state index in [9.17, 15) is 32.7 Å². The van der Waals surface area contributed by atoms with Crippen molar-refractivity contribution in [2.75, 3.05) is 11.5 Å². The maximum absolute atomic E-state index is 12.5. The maximum Gasteiger partial charge on any atom is 0.416 e. The van der Waals surface area contributed by atoms with E-state index in [1.807, 2.05) is 0 Å². The number of nitrogens with zero attached hydrogens (tertiary/aromatic N) is 1. The summed E-state index contributed by atoms with van der Waals surface area (Å²) in [7, 11) is 0. The van der Waals surface area contributed by atoms with E-state index in [-0.39, 0.29) is 22.2 Å². The Kier molecular flexibility index (Phi) is 5.87. The molecule has 28 heavy (non-hydrogen) atoms. The molecule has 0 saturated carbocycles. The number of carbonyl (C=O) groups is 3. The lowest BCUT2D eigenvalue weighted by molar-refractivity contribution is -0.150. The van der Waals surface area contributed by atoms with E-state index >= 15 is 0 Å². The van der Waals surface area contributed by atoms with Crippen LogP contribution in [-0.2, 0) is 20.6 Å². The van der Waals surface area contributed by atoms with Crippen LogP contribution >= 0.6 is 35.1 Å². The summed E-state index contributed by atoms with van der Waals surface area (Å²) >= 11 is 8.13. The number of benzene rings is 1. The highest BCUT2D eigenvalue weighted by Crippen LogP contribution is 2.41. The number of carboxylic acid groups (broad SMARTS) is 1. The molecule has 1 aromatic rings. The number of aliphatic carboxylic acids is 1. The summed E-state index contributed by atoms with van der Waals surface area (Å²) in [5.74, 6) is -2.26. The van der Waals surface area contributed by atoms with Crippen molar-refractivity contribution in [3.8, 4) is 0 Å². The molecular formula is C16H12ClF3N2O4S2. The first kappa shape index (κ1) is 20.9. The SMILES string of the molecule is O=C(CSc1ccc(C(F)(F)F)cc1)N[C@@H]1C(=O)N2C(C(=O)O)=C(Cl)CS[C@H]12. The molecule has 0 spiro atoms. The molecular weight excluding hydrogens is 441 g/mol. The standard InChI is InChI=1S/C16H12ClF3N2O4S2/c17-9-5-28-14-11(13(24)22(14)12(9)15(25)26)21-10(23)6-27-8-3-1-7(2-4-8)16(18,19)20/h1-4,11,14H,5-6H2,(H,21,23)(H,25,26)/t11-,14-/m1/s1. The maximum atomic E-state index is 12.5. The van der Waals surface area contributed by atoms with Gasteiger partial charge in [0.1, 0.15) is 17.1 Å². The number of thioether (sulfide) groups is 2. The van der Waals surface area contributed by atoms with Gasteiger partial charge in [0.25, 0.3) is 5.91 Å². The van der Waals surface area contributed by atoms with Crippen LogP contribution in [-0.4, -0.2) is 50.7 Å². The van der Waals surface area contributed by atoms with Gasteiger partial charge in [-0.25, -0.2) is 4.79 Å². The second kappa shape index (κ2) is 7.88. The molecule has 3 rings (SSSR count). The van der Waals surface area contributed by atoms with E-state index < -0.39 is 40.9 Å². The summed E-state index contributed by atoms with van der Waals surface area (Å²) in [6, 6.07) is 3.51. The predicted molar refractivity (Wildman–Crippen MR) is 97.7 cm³/mol. The van der Waals surface area contributed by atoms with Gasteiger partial charge >= 0.3 is 12.1 Å². The topological polar surface area (TPSA) is 86.7 Å². The first-order valence-corrected chi connectivity index (χ1v) is 10.2. The number of nitrogens with one attached hydrogen (secondary N) is 1. The van der Waals surface area contributed by atoms with Crippen LogP contribution in [0.15, 0.2) is 39.9 Å². The zero-order valence-electron chi connectivity index (χ0n) is 13.8. The number of halogens is 4. The molecule has 6 nitrogen and oxygen atoms in total. The van der Waals surface area contributed by atoms with Gasteiger partial charge in [-0.05, 0) is 24.3 Å². The van der Waals surface area contributed by atoms with Crippen LogP contribution in [0.5, 0.6) is 0 Å². The highest BCUT2D eigenvalue weighted by atomic mass is 35.5. The first-order valence-electron chi connectivity index (χ1n) is 7.75. The third kappa shape index (κ3) is 4.11. The molecule has 0 unspecified atom stereocenters. The van der Waals surface area contributed by atoms with Gasteiger partial charge in [0.2, 0.25) is 5.91 Å². The lowest BCUT2D eigenvalue weighted by atomic mass is 10.1. The molecule has 1 saturated heterocycles. The molecule has 2 amide bonds. The minimum absolute atomic E-state index is 0.0599. The van der Waals surface area contributed by atoms with Crippen LogP contribution in [0.2, 0.25) is 0 Å². The molecule has 1 fully saturated rings. The van der Waals surface area contributed by atoms with Crippen molar-refractivity contribution in [3.63, 3.8) is 0 Å². The molecule has 2 heterocycles. The third-order valence-electron chi connectivity index (χ3n) is 3.99. The summed E-state index contributed by atoms with van der Waals surface area (Å²) in [6.07, 6.45) is -4.43. The zero-order valence-corrected chi connectivity index (χ0v) is 16.2. The first-order chi connectivity index (χ1) is 13.1. The van der Waals surface area contributed by atoms with Crippen molar-refractivity contribution in [1.82, 2.24) is 10.2 Å². The molecule has 2 atom stereocenters. The van der Waals surface area contributed by atoms with Gasteiger partial charge in [-0.1, -0.05) is 11.6 Å². The number of β-lactam (4-membered cyclic amide) rings is 1. The number of carbonyl (C=O) groups excluding carboxylic acids is 2. The van der Waals surface area contributed by atoms with Crippen LogP contribution < -0.4 is 5.32 Å². The lowest BCUT2D eigenvalue weighted by Crippen LogP contribution is -2.70. The van der Waals surface area contributed by atoms with Crippen LogP contribution in [0.3, 0.4) is 0 Å². The molecule has 0 aliphatic carbocycles. The molecule has 0 aromatic heterocycles. The number of hydrogen-bond donors (Lipinski definition) is 2. The van der Waals surface area contributed by atoms with Crippen molar-refractivity contribution in [1.29, 1.82) is 0 Å². The highest BCUT2D eigenvalue weighted by Gasteiger charge is 2.54. The van der Waals surface area contributed by atoms with Gasteiger partial charge in [-0.15, -0.1) is 23.5 Å². The lowest BCUT2D eigenvalue weighted by Gasteiger charge is -2.48. The molecule has 150 valence electrons. The summed E-state index contributed by atoms with van der Waals surface area (Å²) in [4.78, 5) is 37.1. The highest BCUT2D eigenvalue weighted by molar-refractivity contribution is 8.00. The summed E-state index contributed by atoms with van der Waals surface area (Å²) in [6.45, 7) is 0. The molecule has 0 radical (unpaired) electrons. The van der Waals surface area contributed by atoms with Crippen molar-refractivity contribution in [2.45, 2.75) is 22.5 Å². The fraction of sp³-hybridized carbons (Fsp3) is 0.312. The van der Waals surface area contributed by atoms with Crippen LogP contribution in [0.4, 0.5) is 13.2 Å². The summed E-state index contributed by atoms with van der Waals surface area (Å²) in [5, 5.41) is 11.2. The fourth-order valence-corrected chi connectivity index (χ4v) is 4.95. The Morgan fingerprint density at radius 3 is 2.54 bits per heavy atom. The summed E-state index contributed by atoms with van der Waals surface area (Å²) in [5.41, 5.74) is -1.06. The minimum atomic E-state index is -4.43. The number of fused-ring (bicyclic) bond motifs is 1. The van der Waals surface area contributed by atoms with Gasteiger partial charge in [0, 0.05) is 10.6 Å². The molecule has 0 bridgehead atoms. The van der Waals surface area contributed by atoms with E-state index in [1.165, 1.54) is 23.9 Å². The van der Waals surface area contributed by atoms with Gasteiger partial charge in [0.05, 0.1) is 16.3 Å².